The zero-order valence-corrected chi connectivity index (χ0v) is 21.6. The van der Waals surface area contributed by atoms with Crippen molar-refractivity contribution < 1.29 is 5.11 Å². The van der Waals surface area contributed by atoms with Crippen LogP contribution in [0.4, 0.5) is 0 Å². The lowest BCUT2D eigenvalue weighted by Crippen LogP contribution is -2.61. The fourth-order valence-corrected chi connectivity index (χ4v) is 10.3. The summed E-state index contributed by atoms with van der Waals surface area (Å²) in [5.41, 5.74) is 4.80. The predicted molar refractivity (Wildman–Crippen MR) is 131 cm³/mol. The van der Waals surface area contributed by atoms with Gasteiger partial charge in [-0.25, -0.2) is 0 Å². The summed E-state index contributed by atoms with van der Waals surface area (Å²) in [4.78, 5) is 0. The van der Waals surface area contributed by atoms with Crippen LogP contribution in [0.3, 0.4) is 0 Å². The highest BCUT2D eigenvalue weighted by Crippen LogP contribution is 2.74. The lowest BCUT2D eigenvalue weighted by atomic mass is 9.35. The van der Waals surface area contributed by atoms with Gasteiger partial charge in [0, 0.05) is 0 Å². The van der Waals surface area contributed by atoms with Crippen molar-refractivity contribution in [2.75, 3.05) is 0 Å². The third-order valence-corrected chi connectivity index (χ3v) is 12.7. The third kappa shape index (κ3) is 2.59. The monoisotopic (exact) mass is 424 g/mol. The van der Waals surface area contributed by atoms with Gasteiger partial charge in [0.25, 0.3) is 0 Å². The van der Waals surface area contributed by atoms with Crippen LogP contribution in [0, 0.1) is 50.7 Å². The standard InChI is InChI=1S/C30H48O/c1-19-11-14-27(5)17-18-29(7)22-9-10-23-26(3,4)24(31)13-15-28(23,6)21(22)12-16-30(29,8)25(27)20(19)2/h9,12,19-20,23-25,31H,10-11,13-18H2,1-8H3/t19-,20+,23+,24+,25-,27-,28-,29-,30+/m1/s1. The molecule has 0 aliphatic heterocycles. The van der Waals surface area contributed by atoms with Gasteiger partial charge in [0.1, 0.15) is 0 Å². The fourth-order valence-electron chi connectivity index (χ4n) is 10.3. The van der Waals surface area contributed by atoms with Crippen molar-refractivity contribution in [1.82, 2.24) is 0 Å². The van der Waals surface area contributed by atoms with E-state index in [0.29, 0.717) is 22.2 Å². The second kappa shape index (κ2) is 6.52. The van der Waals surface area contributed by atoms with Crippen LogP contribution in [0.1, 0.15) is 107 Å². The summed E-state index contributed by atoms with van der Waals surface area (Å²) in [5, 5.41) is 10.8. The highest BCUT2D eigenvalue weighted by atomic mass is 16.3. The van der Waals surface area contributed by atoms with E-state index < -0.39 is 0 Å². The Morgan fingerprint density at radius 1 is 0.839 bits per heavy atom. The minimum atomic E-state index is -0.162. The van der Waals surface area contributed by atoms with E-state index in [0.717, 1.165) is 37.0 Å². The van der Waals surface area contributed by atoms with Crippen LogP contribution in [-0.4, -0.2) is 11.2 Å². The van der Waals surface area contributed by atoms with Crippen molar-refractivity contribution in [3.63, 3.8) is 0 Å². The Balaban J connectivity index is 1.62. The third-order valence-electron chi connectivity index (χ3n) is 12.7. The van der Waals surface area contributed by atoms with Crippen LogP contribution in [0.15, 0.2) is 23.3 Å². The number of rotatable bonds is 0. The highest BCUT2D eigenvalue weighted by Gasteiger charge is 2.66. The zero-order chi connectivity index (χ0) is 22.6. The second-order valence-corrected chi connectivity index (χ2v) is 14.3. The molecular formula is C30H48O. The van der Waals surface area contributed by atoms with Gasteiger partial charge in [-0.05, 0) is 113 Å². The summed E-state index contributed by atoms with van der Waals surface area (Å²) >= 11 is 0. The molecule has 3 fully saturated rings. The average molecular weight is 425 g/mol. The number of aliphatic hydroxyl groups excluding tert-OH is 1. The largest absolute Gasteiger partial charge is 0.393 e. The molecule has 0 radical (unpaired) electrons. The van der Waals surface area contributed by atoms with Crippen molar-refractivity contribution in [3.8, 4) is 0 Å². The van der Waals surface area contributed by atoms with Gasteiger partial charge in [-0.1, -0.05) is 67.5 Å². The molecule has 0 spiro atoms. The number of allylic oxidation sites excluding steroid dienone is 4. The molecule has 174 valence electrons. The minimum Gasteiger partial charge on any atom is -0.393 e. The summed E-state index contributed by atoms with van der Waals surface area (Å²) < 4.78 is 0. The average Bonchev–Trinajstić information content (AvgIpc) is 2.70. The molecule has 5 aliphatic carbocycles. The van der Waals surface area contributed by atoms with Crippen molar-refractivity contribution in [3.05, 3.63) is 23.3 Å². The molecule has 5 rings (SSSR count). The maximum Gasteiger partial charge on any atom is 0.0594 e. The normalized spacial score (nSPS) is 55.7. The van der Waals surface area contributed by atoms with Crippen LogP contribution < -0.4 is 0 Å². The Hall–Kier alpha value is -0.560. The topological polar surface area (TPSA) is 20.2 Å². The van der Waals surface area contributed by atoms with Gasteiger partial charge >= 0.3 is 0 Å². The van der Waals surface area contributed by atoms with Crippen LogP contribution in [0.25, 0.3) is 0 Å². The van der Waals surface area contributed by atoms with E-state index in [1.54, 1.807) is 11.1 Å². The van der Waals surface area contributed by atoms with Crippen LogP contribution in [-0.2, 0) is 0 Å². The molecule has 0 aromatic heterocycles. The maximum atomic E-state index is 10.8. The van der Waals surface area contributed by atoms with Gasteiger partial charge in [0.2, 0.25) is 0 Å². The molecule has 0 aromatic rings. The molecule has 1 heteroatoms. The van der Waals surface area contributed by atoms with Crippen LogP contribution >= 0.6 is 0 Å². The zero-order valence-electron chi connectivity index (χ0n) is 21.6. The van der Waals surface area contributed by atoms with E-state index in [9.17, 15) is 5.11 Å². The molecule has 1 N–H and O–H groups in total. The van der Waals surface area contributed by atoms with Gasteiger partial charge in [0.15, 0.2) is 0 Å². The van der Waals surface area contributed by atoms with E-state index in [2.05, 4.69) is 67.5 Å². The molecule has 0 saturated heterocycles. The van der Waals surface area contributed by atoms with Gasteiger partial charge in [-0.15, -0.1) is 0 Å². The van der Waals surface area contributed by atoms with E-state index in [4.69, 9.17) is 0 Å². The quantitative estimate of drug-likeness (QED) is 0.418. The predicted octanol–water partition coefficient (Wildman–Crippen LogP) is 7.94. The molecule has 3 saturated carbocycles. The van der Waals surface area contributed by atoms with E-state index in [-0.39, 0.29) is 16.9 Å². The molecule has 9 atom stereocenters. The van der Waals surface area contributed by atoms with Crippen molar-refractivity contribution in [2.24, 2.45) is 50.7 Å². The van der Waals surface area contributed by atoms with Crippen LogP contribution in [0.2, 0.25) is 0 Å². The molecule has 0 heterocycles. The van der Waals surface area contributed by atoms with E-state index >= 15 is 0 Å². The summed E-state index contributed by atoms with van der Waals surface area (Å²) in [6.07, 6.45) is 15.3. The maximum absolute atomic E-state index is 10.8. The summed E-state index contributed by atoms with van der Waals surface area (Å²) in [6, 6.07) is 0. The van der Waals surface area contributed by atoms with E-state index in [1.165, 1.54) is 32.1 Å². The van der Waals surface area contributed by atoms with Crippen molar-refractivity contribution in [1.29, 1.82) is 0 Å². The fraction of sp³-hybridized carbons (Fsp3) is 0.867. The molecule has 5 aliphatic rings. The molecule has 0 unspecified atom stereocenters. The van der Waals surface area contributed by atoms with Gasteiger partial charge in [-0.2, -0.15) is 0 Å². The highest BCUT2D eigenvalue weighted by molar-refractivity contribution is 5.49. The molecular weight excluding hydrogens is 376 g/mol. The first-order valence-electron chi connectivity index (χ1n) is 13.4. The summed E-state index contributed by atoms with van der Waals surface area (Å²) in [6.45, 7) is 20.3. The Morgan fingerprint density at radius 3 is 2.26 bits per heavy atom. The van der Waals surface area contributed by atoms with E-state index in [1.807, 2.05) is 0 Å². The van der Waals surface area contributed by atoms with Crippen molar-refractivity contribution >= 4 is 0 Å². The number of hydrogen-bond acceptors (Lipinski definition) is 1. The van der Waals surface area contributed by atoms with Gasteiger partial charge < -0.3 is 5.11 Å². The first kappa shape index (κ1) is 22.2. The SMILES string of the molecule is C[C@H]1[C@H](C)CC[C@]2(C)CC[C@]3(C)C4=CC[C@H]5C(C)(C)[C@@H](O)CC[C@]5(C)C4=CC[C@@]3(C)[C@H]12. The lowest BCUT2D eigenvalue weighted by molar-refractivity contribution is -0.154. The minimum absolute atomic E-state index is 0.00399. The Morgan fingerprint density at radius 2 is 1.55 bits per heavy atom. The smallest absolute Gasteiger partial charge is 0.0594 e. The molecule has 0 amide bonds. The molecule has 0 aromatic carbocycles. The van der Waals surface area contributed by atoms with Gasteiger partial charge in [-0.3, -0.25) is 0 Å². The van der Waals surface area contributed by atoms with Crippen molar-refractivity contribution in [2.45, 2.75) is 113 Å². The Labute approximate surface area is 192 Å². The molecule has 0 bridgehead atoms. The van der Waals surface area contributed by atoms with Crippen LogP contribution in [0.5, 0.6) is 0 Å². The second-order valence-electron chi connectivity index (χ2n) is 14.3. The number of hydrogen-bond donors (Lipinski definition) is 1. The van der Waals surface area contributed by atoms with Gasteiger partial charge in [0.05, 0.1) is 6.10 Å². The number of fused-ring (bicyclic) bond motifs is 7. The first-order valence-corrected chi connectivity index (χ1v) is 13.4. The lowest BCUT2D eigenvalue weighted by Gasteiger charge is -2.69. The number of aliphatic hydroxyl groups is 1. The summed E-state index contributed by atoms with van der Waals surface area (Å²) in [7, 11) is 0. The summed E-state index contributed by atoms with van der Waals surface area (Å²) in [5.74, 6) is 3.03. The Kier molecular flexibility index (Phi) is 4.68. The molecule has 1 nitrogen and oxygen atoms in total. The molecule has 31 heavy (non-hydrogen) atoms. The first-order chi connectivity index (χ1) is 14.3. The Bertz CT molecular complexity index is 833.